The molecule has 2 atom stereocenters. The lowest BCUT2D eigenvalue weighted by molar-refractivity contribution is -0.136. The number of amides is 1. The molecule has 0 radical (unpaired) electrons. The number of rotatable bonds is 10. The standard InChI is InChI=1S/C29H28ClNO3S/c1-2-5-23(19-8-10-21(11-9-19)29(34)31-17-16-27(32)33)28(20-12-14-22(30)15-13-20)25-18-35-26-7-4-3-6-24(25)26/h3-4,6-15,18,23,28H,2,5,16-17H2,1H3,(H,31,34)(H,32,33)/t23-,28?/m1/s1. The van der Waals surface area contributed by atoms with Gasteiger partial charge in [-0.05, 0) is 70.1 Å². The molecule has 0 spiro atoms. The Labute approximate surface area is 214 Å². The second-order valence-corrected chi connectivity index (χ2v) is 9.98. The van der Waals surface area contributed by atoms with Gasteiger partial charge in [0.25, 0.3) is 5.91 Å². The van der Waals surface area contributed by atoms with Crippen LogP contribution in [-0.2, 0) is 4.79 Å². The highest BCUT2D eigenvalue weighted by molar-refractivity contribution is 7.17. The topological polar surface area (TPSA) is 66.4 Å². The number of carbonyl (C=O) groups is 2. The van der Waals surface area contributed by atoms with Gasteiger partial charge in [0.1, 0.15) is 0 Å². The van der Waals surface area contributed by atoms with E-state index in [0.29, 0.717) is 10.6 Å². The van der Waals surface area contributed by atoms with E-state index in [1.807, 2.05) is 36.4 Å². The minimum absolute atomic E-state index is 0.0975. The fourth-order valence-electron chi connectivity index (χ4n) is 4.64. The third-order valence-electron chi connectivity index (χ3n) is 6.30. The van der Waals surface area contributed by atoms with Crippen LogP contribution in [0.5, 0.6) is 0 Å². The quantitative estimate of drug-likeness (QED) is 0.235. The molecule has 1 amide bonds. The maximum Gasteiger partial charge on any atom is 0.305 e. The van der Waals surface area contributed by atoms with E-state index in [4.69, 9.17) is 16.7 Å². The highest BCUT2D eigenvalue weighted by Crippen LogP contribution is 2.45. The average Bonchev–Trinajstić information content (AvgIpc) is 3.28. The van der Waals surface area contributed by atoms with Gasteiger partial charge in [-0.25, -0.2) is 0 Å². The minimum Gasteiger partial charge on any atom is -0.481 e. The van der Waals surface area contributed by atoms with Crippen molar-refractivity contribution in [1.82, 2.24) is 5.32 Å². The molecule has 2 N–H and O–H groups in total. The zero-order valence-electron chi connectivity index (χ0n) is 19.5. The normalized spacial score (nSPS) is 12.9. The van der Waals surface area contributed by atoms with Gasteiger partial charge in [-0.2, -0.15) is 0 Å². The van der Waals surface area contributed by atoms with E-state index in [9.17, 15) is 9.59 Å². The Balaban J connectivity index is 1.71. The van der Waals surface area contributed by atoms with E-state index >= 15 is 0 Å². The molecule has 0 aliphatic carbocycles. The first kappa shape index (κ1) is 25.0. The molecule has 6 heteroatoms. The van der Waals surface area contributed by atoms with Crippen molar-refractivity contribution in [2.75, 3.05) is 6.54 Å². The fourth-order valence-corrected chi connectivity index (χ4v) is 5.76. The van der Waals surface area contributed by atoms with Crippen molar-refractivity contribution in [3.8, 4) is 0 Å². The van der Waals surface area contributed by atoms with Crippen LogP contribution in [0.15, 0.2) is 78.2 Å². The number of fused-ring (bicyclic) bond motifs is 1. The van der Waals surface area contributed by atoms with Gasteiger partial charge < -0.3 is 10.4 Å². The maximum absolute atomic E-state index is 12.4. The molecule has 4 nitrogen and oxygen atoms in total. The van der Waals surface area contributed by atoms with Crippen molar-refractivity contribution in [1.29, 1.82) is 0 Å². The zero-order valence-corrected chi connectivity index (χ0v) is 21.1. The second kappa shape index (κ2) is 11.5. The van der Waals surface area contributed by atoms with Gasteiger partial charge >= 0.3 is 5.97 Å². The molecule has 0 bridgehead atoms. The summed E-state index contributed by atoms with van der Waals surface area (Å²) >= 11 is 7.99. The van der Waals surface area contributed by atoms with E-state index in [0.717, 1.165) is 12.8 Å². The van der Waals surface area contributed by atoms with Crippen LogP contribution in [0.25, 0.3) is 10.1 Å². The highest BCUT2D eigenvalue weighted by Gasteiger charge is 2.28. The summed E-state index contributed by atoms with van der Waals surface area (Å²) in [7, 11) is 0. The molecule has 1 heterocycles. The molecule has 0 saturated carbocycles. The van der Waals surface area contributed by atoms with Crippen molar-refractivity contribution in [3.05, 3.63) is 105 Å². The molecule has 4 aromatic rings. The summed E-state index contributed by atoms with van der Waals surface area (Å²) in [5.74, 6) is -0.845. The number of thiophene rings is 1. The summed E-state index contributed by atoms with van der Waals surface area (Å²) in [5, 5.41) is 15.7. The molecule has 1 aromatic heterocycles. The van der Waals surface area contributed by atoms with Crippen molar-refractivity contribution in [2.45, 2.75) is 38.0 Å². The lowest BCUT2D eigenvalue weighted by atomic mass is 9.75. The lowest BCUT2D eigenvalue weighted by Gasteiger charge is -2.28. The van der Waals surface area contributed by atoms with Crippen LogP contribution in [0.4, 0.5) is 0 Å². The maximum atomic E-state index is 12.4. The summed E-state index contributed by atoms with van der Waals surface area (Å²) in [5.41, 5.74) is 4.22. The molecular formula is C29H28ClNO3S. The summed E-state index contributed by atoms with van der Waals surface area (Å²) < 4.78 is 1.27. The van der Waals surface area contributed by atoms with Crippen molar-refractivity contribution >= 4 is 44.9 Å². The van der Waals surface area contributed by atoms with E-state index in [-0.39, 0.29) is 30.7 Å². The van der Waals surface area contributed by atoms with Gasteiger partial charge in [0, 0.05) is 27.7 Å². The van der Waals surface area contributed by atoms with E-state index in [1.54, 1.807) is 11.3 Å². The Morgan fingerprint density at radius 2 is 1.66 bits per heavy atom. The smallest absolute Gasteiger partial charge is 0.305 e. The van der Waals surface area contributed by atoms with Crippen LogP contribution in [0.2, 0.25) is 5.02 Å². The number of halogens is 1. The van der Waals surface area contributed by atoms with E-state index < -0.39 is 5.97 Å². The molecule has 35 heavy (non-hydrogen) atoms. The van der Waals surface area contributed by atoms with Gasteiger partial charge in [0.2, 0.25) is 0 Å². The van der Waals surface area contributed by atoms with Gasteiger partial charge in [-0.15, -0.1) is 11.3 Å². The summed E-state index contributed by atoms with van der Waals surface area (Å²) in [6, 6.07) is 24.4. The van der Waals surface area contributed by atoms with Crippen LogP contribution in [0.3, 0.4) is 0 Å². The number of aliphatic carboxylic acids is 1. The number of carboxylic acid groups (broad SMARTS) is 1. The van der Waals surface area contributed by atoms with Crippen LogP contribution >= 0.6 is 22.9 Å². The zero-order chi connectivity index (χ0) is 24.8. The van der Waals surface area contributed by atoms with Crippen LogP contribution < -0.4 is 5.32 Å². The molecule has 0 aliphatic rings. The van der Waals surface area contributed by atoms with Crippen molar-refractivity contribution < 1.29 is 14.7 Å². The second-order valence-electron chi connectivity index (χ2n) is 8.63. The summed E-state index contributed by atoms with van der Waals surface area (Å²) in [6.07, 6.45) is 1.91. The Bertz CT molecular complexity index is 1300. The molecule has 4 rings (SSSR count). The molecular weight excluding hydrogens is 478 g/mol. The van der Waals surface area contributed by atoms with Gasteiger partial charge in [0.15, 0.2) is 0 Å². The summed E-state index contributed by atoms with van der Waals surface area (Å²) in [4.78, 5) is 23.2. The Kier molecular flexibility index (Phi) is 8.21. The fraction of sp³-hybridized carbons (Fsp3) is 0.241. The van der Waals surface area contributed by atoms with E-state index in [2.05, 4.69) is 54.0 Å². The van der Waals surface area contributed by atoms with E-state index in [1.165, 1.54) is 26.8 Å². The number of benzene rings is 3. The lowest BCUT2D eigenvalue weighted by Crippen LogP contribution is -2.26. The number of carbonyl (C=O) groups excluding carboxylic acids is 1. The molecule has 0 fully saturated rings. The minimum atomic E-state index is -0.933. The van der Waals surface area contributed by atoms with Crippen molar-refractivity contribution in [3.63, 3.8) is 0 Å². The molecule has 1 unspecified atom stereocenters. The number of hydrogen-bond donors (Lipinski definition) is 2. The molecule has 0 aliphatic heterocycles. The highest BCUT2D eigenvalue weighted by atomic mass is 35.5. The number of hydrogen-bond acceptors (Lipinski definition) is 3. The molecule has 0 saturated heterocycles. The molecule has 3 aromatic carbocycles. The number of nitrogens with one attached hydrogen (secondary N) is 1. The average molecular weight is 506 g/mol. The van der Waals surface area contributed by atoms with Crippen LogP contribution in [0, 0.1) is 0 Å². The Hall–Kier alpha value is -3.15. The number of carboxylic acids is 1. The third kappa shape index (κ3) is 5.92. The van der Waals surface area contributed by atoms with Crippen molar-refractivity contribution in [2.24, 2.45) is 0 Å². The first-order valence-electron chi connectivity index (χ1n) is 11.8. The van der Waals surface area contributed by atoms with Crippen LogP contribution in [0.1, 0.15) is 65.1 Å². The predicted molar refractivity (Wildman–Crippen MR) is 144 cm³/mol. The third-order valence-corrected chi connectivity index (χ3v) is 7.54. The van der Waals surface area contributed by atoms with Crippen LogP contribution in [-0.4, -0.2) is 23.5 Å². The first-order chi connectivity index (χ1) is 17.0. The van der Waals surface area contributed by atoms with Gasteiger partial charge in [0.05, 0.1) is 6.42 Å². The Morgan fingerprint density at radius 1 is 0.971 bits per heavy atom. The SMILES string of the molecule is CCC[C@H](c1ccc(C(=O)NCCC(=O)O)cc1)C(c1ccc(Cl)cc1)c1csc2ccccc12. The Morgan fingerprint density at radius 3 is 2.34 bits per heavy atom. The first-order valence-corrected chi connectivity index (χ1v) is 13.0. The van der Waals surface area contributed by atoms with Gasteiger partial charge in [-0.1, -0.05) is 67.4 Å². The monoisotopic (exact) mass is 505 g/mol. The molecule has 180 valence electrons. The largest absolute Gasteiger partial charge is 0.481 e. The summed E-state index contributed by atoms with van der Waals surface area (Å²) in [6.45, 7) is 2.31. The van der Waals surface area contributed by atoms with Gasteiger partial charge in [-0.3, -0.25) is 9.59 Å². The predicted octanol–water partition coefficient (Wildman–Crippen LogP) is 7.48.